The number of ether oxygens (including phenoxy) is 2. The molecule has 162 valence electrons. The Balaban J connectivity index is 1.40. The number of nitrogens with zero attached hydrogens (tertiary/aromatic N) is 1. The van der Waals surface area contributed by atoms with Gasteiger partial charge in [-0.3, -0.25) is 15.0 Å². The quantitative estimate of drug-likeness (QED) is 0.529. The number of nitrogens with one attached hydrogen (secondary N) is 2. The largest absolute Gasteiger partial charge is 0.490 e. The number of urea groups is 1. The third kappa shape index (κ3) is 4.18. The number of amides is 4. The molecule has 0 saturated carbocycles. The zero-order valence-corrected chi connectivity index (χ0v) is 17.9. The summed E-state index contributed by atoms with van der Waals surface area (Å²) in [7, 11) is 0. The SMILES string of the molecule is CC[C@]1(c2ccccc2)NC(=O)N(NC(=O)CSc2ccc3c(c2)OCCCO3)C1=O. The van der Waals surface area contributed by atoms with Crippen LogP contribution in [0.4, 0.5) is 4.79 Å². The maximum atomic E-state index is 13.1. The molecular weight excluding hydrogens is 418 g/mol. The number of fused-ring (bicyclic) bond motifs is 1. The highest BCUT2D eigenvalue weighted by Gasteiger charge is 2.52. The van der Waals surface area contributed by atoms with Crippen molar-refractivity contribution in [3.63, 3.8) is 0 Å². The molecule has 0 spiro atoms. The Labute approximate surface area is 184 Å². The zero-order chi connectivity index (χ0) is 21.8. The van der Waals surface area contributed by atoms with Crippen LogP contribution in [0.15, 0.2) is 53.4 Å². The average Bonchev–Trinajstić information content (AvgIpc) is 2.94. The summed E-state index contributed by atoms with van der Waals surface area (Å²) in [4.78, 5) is 38.8. The van der Waals surface area contributed by atoms with E-state index >= 15 is 0 Å². The summed E-state index contributed by atoms with van der Waals surface area (Å²) in [5.74, 6) is 0.400. The van der Waals surface area contributed by atoms with Crippen molar-refractivity contribution in [2.24, 2.45) is 0 Å². The predicted molar refractivity (Wildman–Crippen MR) is 115 cm³/mol. The number of hydrogen-bond acceptors (Lipinski definition) is 6. The number of rotatable bonds is 6. The van der Waals surface area contributed by atoms with E-state index in [1.165, 1.54) is 11.8 Å². The molecule has 2 aliphatic heterocycles. The van der Waals surface area contributed by atoms with E-state index in [1.807, 2.05) is 31.2 Å². The lowest BCUT2D eigenvalue weighted by Crippen LogP contribution is -2.49. The Morgan fingerprint density at radius 1 is 1.13 bits per heavy atom. The van der Waals surface area contributed by atoms with Crippen molar-refractivity contribution in [1.29, 1.82) is 0 Å². The van der Waals surface area contributed by atoms with Gasteiger partial charge in [-0.05, 0) is 30.2 Å². The summed E-state index contributed by atoms with van der Waals surface area (Å²) in [5, 5.41) is 3.51. The number of thioether (sulfide) groups is 1. The van der Waals surface area contributed by atoms with E-state index in [-0.39, 0.29) is 5.75 Å². The van der Waals surface area contributed by atoms with Crippen LogP contribution in [-0.2, 0) is 15.1 Å². The van der Waals surface area contributed by atoms with Gasteiger partial charge < -0.3 is 14.8 Å². The van der Waals surface area contributed by atoms with E-state index in [2.05, 4.69) is 10.7 Å². The van der Waals surface area contributed by atoms with Crippen LogP contribution in [0.2, 0.25) is 0 Å². The molecule has 4 rings (SSSR count). The summed E-state index contributed by atoms with van der Waals surface area (Å²) >= 11 is 1.28. The van der Waals surface area contributed by atoms with Crippen molar-refractivity contribution in [2.75, 3.05) is 19.0 Å². The molecule has 2 aromatic carbocycles. The Kier molecular flexibility index (Phi) is 6.03. The minimum absolute atomic E-state index is 0.0289. The zero-order valence-electron chi connectivity index (χ0n) is 17.1. The van der Waals surface area contributed by atoms with Crippen LogP contribution in [0.1, 0.15) is 25.3 Å². The standard InChI is InChI=1S/C22H23N3O5S/c1-2-22(15-7-4-3-5-8-15)20(27)25(21(28)23-22)24-19(26)14-31-16-9-10-17-18(13-16)30-12-6-11-29-17/h3-5,7-10,13H,2,6,11-12,14H2,1H3,(H,23,28)(H,24,26)/t22-/m1/s1. The molecule has 1 atom stereocenters. The molecule has 0 aromatic heterocycles. The molecule has 31 heavy (non-hydrogen) atoms. The van der Waals surface area contributed by atoms with Crippen LogP contribution in [-0.4, -0.2) is 41.8 Å². The summed E-state index contributed by atoms with van der Waals surface area (Å²) < 4.78 is 11.3. The van der Waals surface area contributed by atoms with Crippen molar-refractivity contribution >= 4 is 29.6 Å². The number of benzene rings is 2. The second-order valence-corrected chi connectivity index (χ2v) is 8.23. The molecular formula is C22H23N3O5S. The van der Waals surface area contributed by atoms with Crippen LogP contribution < -0.4 is 20.2 Å². The molecule has 0 radical (unpaired) electrons. The molecule has 1 saturated heterocycles. The van der Waals surface area contributed by atoms with Gasteiger partial charge in [0.05, 0.1) is 19.0 Å². The van der Waals surface area contributed by atoms with E-state index in [4.69, 9.17) is 9.47 Å². The Bertz CT molecular complexity index is 1000. The minimum Gasteiger partial charge on any atom is -0.490 e. The number of carbonyl (C=O) groups excluding carboxylic acids is 3. The Morgan fingerprint density at radius 3 is 2.61 bits per heavy atom. The van der Waals surface area contributed by atoms with Gasteiger partial charge in [0.15, 0.2) is 11.5 Å². The van der Waals surface area contributed by atoms with E-state index in [1.54, 1.807) is 24.3 Å². The third-order valence-corrected chi connectivity index (χ3v) is 6.21. The van der Waals surface area contributed by atoms with Gasteiger partial charge in [-0.25, -0.2) is 4.79 Å². The van der Waals surface area contributed by atoms with Crippen molar-refractivity contribution in [3.05, 3.63) is 54.1 Å². The van der Waals surface area contributed by atoms with E-state index in [0.29, 0.717) is 36.7 Å². The van der Waals surface area contributed by atoms with Gasteiger partial charge in [-0.15, -0.1) is 11.8 Å². The molecule has 0 aliphatic carbocycles. The number of imide groups is 1. The van der Waals surface area contributed by atoms with Gasteiger partial charge >= 0.3 is 6.03 Å². The molecule has 0 bridgehead atoms. The fourth-order valence-corrected chi connectivity index (χ4v) is 4.29. The Hall–Kier alpha value is -3.20. The van der Waals surface area contributed by atoms with Crippen LogP contribution in [0, 0.1) is 0 Å². The van der Waals surface area contributed by atoms with E-state index in [9.17, 15) is 14.4 Å². The van der Waals surface area contributed by atoms with Crippen molar-refractivity contribution in [3.8, 4) is 11.5 Å². The third-order valence-electron chi connectivity index (χ3n) is 5.21. The van der Waals surface area contributed by atoms with Crippen LogP contribution in [0.5, 0.6) is 11.5 Å². The molecule has 2 aromatic rings. The molecule has 2 aliphatic rings. The normalized spacial score (nSPS) is 20.2. The fraction of sp³-hybridized carbons (Fsp3) is 0.318. The minimum atomic E-state index is -1.19. The lowest BCUT2D eigenvalue weighted by atomic mass is 9.87. The predicted octanol–water partition coefficient (Wildman–Crippen LogP) is 2.83. The highest BCUT2D eigenvalue weighted by atomic mass is 32.2. The fourth-order valence-electron chi connectivity index (χ4n) is 3.58. The van der Waals surface area contributed by atoms with Gasteiger partial charge in [-0.2, -0.15) is 5.01 Å². The smallest absolute Gasteiger partial charge is 0.344 e. The van der Waals surface area contributed by atoms with Gasteiger partial charge in [0.1, 0.15) is 5.54 Å². The van der Waals surface area contributed by atoms with Crippen LogP contribution >= 0.6 is 11.8 Å². The average molecular weight is 442 g/mol. The van der Waals surface area contributed by atoms with Gasteiger partial charge in [-0.1, -0.05) is 37.3 Å². The number of hydrogen-bond donors (Lipinski definition) is 2. The second-order valence-electron chi connectivity index (χ2n) is 7.18. The molecule has 0 unspecified atom stereocenters. The molecule has 8 nitrogen and oxygen atoms in total. The number of carbonyl (C=O) groups is 3. The van der Waals surface area contributed by atoms with Gasteiger partial charge in [0.2, 0.25) is 5.91 Å². The Morgan fingerprint density at radius 2 is 1.87 bits per heavy atom. The van der Waals surface area contributed by atoms with E-state index in [0.717, 1.165) is 16.3 Å². The first-order valence-corrected chi connectivity index (χ1v) is 11.1. The van der Waals surface area contributed by atoms with Crippen molar-refractivity contribution in [1.82, 2.24) is 15.8 Å². The summed E-state index contributed by atoms with van der Waals surface area (Å²) in [6.07, 6.45) is 1.17. The second kappa shape index (κ2) is 8.89. The molecule has 9 heteroatoms. The lowest BCUT2D eigenvalue weighted by molar-refractivity contribution is -0.138. The van der Waals surface area contributed by atoms with Crippen LogP contribution in [0.3, 0.4) is 0 Å². The summed E-state index contributed by atoms with van der Waals surface area (Å²) in [6, 6.07) is 13.8. The van der Waals surface area contributed by atoms with Gasteiger partial charge in [0.25, 0.3) is 5.91 Å². The molecule has 2 heterocycles. The maximum absolute atomic E-state index is 13.1. The lowest BCUT2D eigenvalue weighted by Gasteiger charge is -2.25. The first-order valence-electron chi connectivity index (χ1n) is 10.1. The maximum Gasteiger partial charge on any atom is 0.344 e. The van der Waals surface area contributed by atoms with E-state index < -0.39 is 23.4 Å². The number of hydrazine groups is 1. The van der Waals surface area contributed by atoms with Crippen molar-refractivity contribution in [2.45, 2.75) is 30.2 Å². The first-order chi connectivity index (χ1) is 15.0. The molecule has 4 amide bonds. The molecule has 1 fully saturated rings. The van der Waals surface area contributed by atoms with Gasteiger partial charge in [0, 0.05) is 11.3 Å². The monoisotopic (exact) mass is 441 g/mol. The highest BCUT2D eigenvalue weighted by Crippen LogP contribution is 2.34. The molecule has 2 N–H and O–H groups in total. The summed E-state index contributed by atoms with van der Waals surface area (Å²) in [6.45, 7) is 3.00. The highest BCUT2D eigenvalue weighted by molar-refractivity contribution is 8.00. The summed E-state index contributed by atoms with van der Waals surface area (Å²) in [5.41, 5.74) is 1.92. The van der Waals surface area contributed by atoms with Crippen molar-refractivity contribution < 1.29 is 23.9 Å². The first kappa shape index (κ1) is 21.0. The van der Waals surface area contributed by atoms with Crippen LogP contribution in [0.25, 0.3) is 0 Å². The topological polar surface area (TPSA) is 97.0 Å².